The van der Waals surface area contributed by atoms with Gasteiger partial charge in [-0.2, -0.15) is 0 Å². The Morgan fingerprint density at radius 1 is 1.10 bits per heavy atom. The third-order valence-electron chi connectivity index (χ3n) is 5.65. The molecule has 1 aromatic rings. The van der Waals surface area contributed by atoms with E-state index in [1.54, 1.807) is 0 Å². The first-order valence-electron chi connectivity index (χ1n) is 11.1. The van der Waals surface area contributed by atoms with Gasteiger partial charge in [0.1, 0.15) is 0 Å². The smallest absolute Gasteiger partial charge is 0.0314 e. The molecule has 1 aliphatic rings. The van der Waals surface area contributed by atoms with Crippen molar-refractivity contribution in [3.63, 3.8) is 0 Å². The molecule has 1 nitrogen and oxygen atoms in total. The third kappa shape index (κ3) is 9.03. The Hall–Kier alpha value is -2.50. The van der Waals surface area contributed by atoms with Gasteiger partial charge in [-0.3, -0.25) is 0 Å². The van der Waals surface area contributed by atoms with Crippen molar-refractivity contribution in [2.24, 2.45) is 11.8 Å². The van der Waals surface area contributed by atoms with Crippen molar-refractivity contribution in [3.05, 3.63) is 95.8 Å². The van der Waals surface area contributed by atoms with Crippen LogP contribution in [-0.4, -0.2) is 0 Å². The average Bonchev–Trinajstić information content (AvgIpc) is 2.95. The second-order valence-corrected chi connectivity index (χ2v) is 8.22. The second-order valence-electron chi connectivity index (χ2n) is 8.22. The highest BCUT2D eigenvalue weighted by molar-refractivity contribution is 5.39. The van der Waals surface area contributed by atoms with Crippen molar-refractivity contribution in [2.45, 2.75) is 58.8 Å². The Balaban J connectivity index is 1.77. The fourth-order valence-corrected chi connectivity index (χ4v) is 3.74. The summed E-state index contributed by atoms with van der Waals surface area (Å²) in [5, 5.41) is 0. The molecule has 0 aromatic heterocycles. The van der Waals surface area contributed by atoms with Crippen LogP contribution in [0.25, 0.3) is 0 Å². The largest absolute Gasteiger partial charge is 0.399 e. The zero-order chi connectivity index (χ0) is 20.9. The van der Waals surface area contributed by atoms with E-state index in [0.717, 1.165) is 37.3 Å². The topological polar surface area (TPSA) is 26.0 Å². The monoisotopic (exact) mass is 387 g/mol. The highest BCUT2D eigenvalue weighted by Crippen LogP contribution is 2.25. The number of hydrogen-bond donors (Lipinski definition) is 1. The van der Waals surface area contributed by atoms with Crippen LogP contribution in [0.15, 0.2) is 90.3 Å². The number of hydrogen-bond acceptors (Lipinski definition) is 1. The first-order chi connectivity index (χ1) is 14.1. The summed E-state index contributed by atoms with van der Waals surface area (Å²) < 4.78 is 0. The minimum absolute atomic E-state index is 0.674. The molecule has 29 heavy (non-hydrogen) atoms. The van der Waals surface area contributed by atoms with Gasteiger partial charge in [0.15, 0.2) is 0 Å². The maximum atomic E-state index is 5.81. The van der Waals surface area contributed by atoms with E-state index in [1.165, 1.54) is 36.0 Å². The molecule has 154 valence electrons. The molecule has 0 heterocycles. The van der Waals surface area contributed by atoms with Crippen molar-refractivity contribution in [2.75, 3.05) is 5.73 Å². The maximum Gasteiger partial charge on any atom is 0.0314 e. The zero-order valence-corrected chi connectivity index (χ0v) is 18.2. The minimum atomic E-state index is 0.674. The fraction of sp³-hybridized carbons (Fsp3) is 0.393. The fourth-order valence-electron chi connectivity index (χ4n) is 3.74. The quantitative estimate of drug-likeness (QED) is 0.221. The summed E-state index contributed by atoms with van der Waals surface area (Å²) in [6.07, 6.45) is 22.9. The summed E-state index contributed by atoms with van der Waals surface area (Å²) in [5.74, 6) is 1.42. The standard InChI is InChI=1S/C28H37N/c1-4-6-7-8-10-25-11-9-12-26(16-15-25)21-23(3)13-14-24(5-2)22-27-17-19-28(29)20-18-27/h4,6-7,9,11,15-20,23-24H,1,5,8,10,13-14,21-22,29H2,2-3H3. The Bertz CT molecular complexity index is 782. The van der Waals surface area contributed by atoms with E-state index in [-0.39, 0.29) is 0 Å². The molecular weight excluding hydrogens is 350 g/mol. The number of allylic oxidation sites excluding steroid dienone is 8. The lowest BCUT2D eigenvalue weighted by atomic mass is 9.87. The van der Waals surface area contributed by atoms with Crippen molar-refractivity contribution >= 4 is 5.69 Å². The summed E-state index contributed by atoms with van der Waals surface area (Å²) in [6.45, 7) is 8.39. The molecule has 2 rings (SSSR count). The molecule has 0 fully saturated rings. The molecule has 1 aromatic carbocycles. The Morgan fingerprint density at radius 2 is 1.90 bits per heavy atom. The van der Waals surface area contributed by atoms with Crippen molar-refractivity contribution in [1.82, 2.24) is 0 Å². The summed E-state index contributed by atoms with van der Waals surface area (Å²) >= 11 is 0. The lowest BCUT2D eigenvalue weighted by Gasteiger charge is -2.18. The van der Waals surface area contributed by atoms with E-state index in [0.29, 0.717) is 5.92 Å². The number of rotatable bonds is 12. The molecule has 0 spiro atoms. The molecule has 0 radical (unpaired) electrons. The lowest BCUT2D eigenvalue weighted by molar-refractivity contribution is 0.397. The highest BCUT2D eigenvalue weighted by atomic mass is 14.5. The van der Waals surface area contributed by atoms with Crippen molar-refractivity contribution < 1.29 is 0 Å². The SMILES string of the molecule is C=CC=CCCC1=CC=C=C(CC(C)CCC(CC)Cc2ccc(N)cc2)C=C1. The Kier molecular flexibility index (Phi) is 10.1. The molecule has 0 bridgehead atoms. The average molecular weight is 388 g/mol. The third-order valence-corrected chi connectivity index (χ3v) is 5.65. The summed E-state index contributed by atoms with van der Waals surface area (Å²) in [5.41, 5.74) is 14.2. The van der Waals surface area contributed by atoms with Crippen LogP contribution in [0, 0.1) is 11.8 Å². The van der Waals surface area contributed by atoms with Gasteiger partial charge in [0.05, 0.1) is 0 Å². The van der Waals surface area contributed by atoms with Gasteiger partial charge in [-0.05, 0) is 78.9 Å². The molecule has 0 amide bonds. The summed E-state index contributed by atoms with van der Waals surface area (Å²) in [7, 11) is 0. The van der Waals surface area contributed by atoms with Crippen LogP contribution < -0.4 is 5.73 Å². The summed E-state index contributed by atoms with van der Waals surface area (Å²) in [6, 6.07) is 8.37. The Morgan fingerprint density at radius 3 is 2.62 bits per heavy atom. The molecule has 2 N–H and O–H groups in total. The normalized spacial score (nSPS) is 15.7. The van der Waals surface area contributed by atoms with Gasteiger partial charge in [0.25, 0.3) is 0 Å². The predicted molar refractivity (Wildman–Crippen MR) is 129 cm³/mol. The molecule has 2 atom stereocenters. The van der Waals surface area contributed by atoms with Crippen LogP contribution in [0.5, 0.6) is 0 Å². The van der Waals surface area contributed by atoms with Gasteiger partial charge < -0.3 is 5.73 Å². The molecule has 0 saturated heterocycles. The number of nitrogens with two attached hydrogens (primary N) is 1. The van der Waals surface area contributed by atoms with Gasteiger partial charge in [0.2, 0.25) is 0 Å². The van der Waals surface area contributed by atoms with Gasteiger partial charge in [-0.25, -0.2) is 0 Å². The van der Waals surface area contributed by atoms with E-state index < -0.39 is 0 Å². The first-order valence-corrected chi connectivity index (χ1v) is 11.1. The van der Waals surface area contributed by atoms with E-state index in [4.69, 9.17) is 5.73 Å². The van der Waals surface area contributed by atoms with Crippen LogP contribution in [-0.2, 0) is 6.42 Å². The lowest BCUT2D eigenvalue weighted by Crippen LogP contribution is -2.07. The van der Waals surface area contributed by atoms with Crippen molar-refractivity contribution in [1.29, 1.82) is 0 Å². The number of anilines is 1. The van der Waals surface area contributed by atoms with E-state index in [9.17, 15) is 0 Å². The molecule has 1 heteroatoms. The maximum absolute atomic E-state index is 5.81. The van der Waals surface area contributed by atoms with Gasteiger partial charge >= 0.3 is 0 Å². The van der Waals surface area contributed by atoms with E-state index >= 15 is 0 Å². The molecule has 0 aliphatic heterocycles. The van der Waals surface area contributed by atoms with Gasteiger partial charge in [-0.15, -0.1) is 5.73 Å². The van der Waals surface area contributed by atoms with Gasteiger partial charge in [0, 0.05) is 5.69 Å². The number of benzene rings is 1. The van der Waals surface area contributed by atoms with Crippen LogP contribution in [0.1, 0.15) is 57.9 Å². The second kappa shape index (κ2) is 12.9. The molecule has 0 saturated carbocycles. The highest BCUT2D eigenvalue weighted by Gasteiger charge is 2.12. The van der Waals surface area contributed by atoms with E-state index in [2.05, 4.69) is 68.7 Å². The first kappa shape index (κ1) is 22.8. The van der Waals surface area contributed by atoms with Crippen LogP contribution in [0.4, 0.5) is 5.69 Å². The number of nitrogen functional groups attached to an aromatic ring is 1. The molecular formula is C28H37N. The minimum Gasteiger partial charge on any atom is -0.399 e. The van der Waals surface area contributed by atoms with Crippen molar-refractivity contribution in [3.8, 4) is 0 Å². The van der Waals surface area contributed by atoms with Crippen LogP contribution >= 0.6 is 0 Å². The zero-order valence-electron chi connectivity index (χ0n) is 18.2. The van der Waals surface area contributed by atoms with Crippen LogP contribution in [0.3, 0.4) is 0 Å². The summed E-state index contributed by atoms with van der Waals surface area (Å²) in [4.78, 5) is 0. The predicted octanol–water partition coefficient (Wildman–Crippen LogP) is 7.74. The molecule has 2 unspecified atom stereocenters. The van der Waals surface area contributed by atoms with E-state index in [1.807, 2.05) is 24.3 Å². The van der Waals surface area contributed by atoms with Crippen LogP contribution in [0.2, 0.25) is 0 Å². The molecule has 1 aliphatic carbocycles. The Labute approximate surface area is 178 Å². The van der Waals surface area contributed by atoms with Gasteiger partial charge in [-0.1, -0.05) is 81.9 Å².